The molecule has 2 unspecified atom stereocenters. The highest BCUT2D eigenvalue weighted by atomic mass is 32.2. The summed E-state index contributed by atoms with van der Waals surface area (Å²) in [6.45, 7) is 6.28. The molecule has 4 heteroatoms. The van der Waals surface area contributed by atoms with Gasteiger partial charge in [0.2, 0.25) is 0 Å². The summed E-state index contributed by atoms with van der Waals surface area (Å²) < 4.78 is 5.01. The van der Waals surface area contributed by atoms with E-state index in [2.05, 4.69) is 17.4 Å². The first kappa shape index (κ1) is 15.5. The Morgan fingerprint density at radius 3 is 2.72 bits per heavy atom. The van der Waals surface area contributed by atoms with Crippen molar-refractivity contribution in [1.29, 1.82) is 0 Å². The monoisotopic (exact) mass is 269 g/mol. The molecule has 18 heavy (non-hydrogen) atoms. The summed E-state index contributed by atoms with van der Waals surface area (Å²) in [6, 6.07) is 8.31. The van der Waals surface area contributed by atoms with Crippen LogP contribution >= 0.6 is 11.8 Å². The molecule has 0 saturated carbocycles. The van der Waals surface area contributed by atoms with E-state index in [1.165, 1.54) is 10.5 Å². The predicted molar refractivity (Wildman–Crippen MR) is 77.0 cm³/mol. The summed E-state index contributed by atoms with van der Waals surface area (Å²) in [7, 11) is 1.70. The maximum atomic E-state index is 9.57. The van der Waals surface area contributed by atoms with E-state index in [0.29, 0.717) is 0 Å². The second-order valence-electron chi connectivity index (χ2n) is 4.34. The molecule has 2 atom stereocenters. The van der Waals surface area contributed by atoms with Crippen LogP contribution in [0.25, 0.3) is 0 Å². The average molecular weight is 269 g/mol. The number of methoxy groups -OCH3 is 1. The van der Waals surface area contributed by atoms with E-state index in [9.17, 15) is 5.11 Å². The average Bonchev–Trinajstić information content (AvgIpc) is 2.36. The van der Waals surface area contributed by atoms with Crippen molar-refractivity contribution in [2.24, 2.45) is 0 Å². The number of ether oxygens (including phenoxy) is 1. The van der Waals surface area contributed by atoms with Gasteiger partial charge in [0.15, 0.2) is 0 Å². The Kier molecular flexibility index (Phi) is 7.35. The smallest absolute Gasteiger partial charge is 0.0631 e. The fraction of sp³-hybridized carbons (Fsp3) is 0.571. The second-order valence-corrected chi connectivity index (χ2v) is 5.76. The summed E-state index contributed by atoms with van der Waals surface area (Å²) in [4.78, 5) is 1.23. The van der Waals surface area contributed by atoms with Gasteiger partial charge in [-0.2, -0.15) is 0 Å². The van der Waals surface area contributed by atoms with Crippen LogP contribution in [0.1, 0.15) is 19.4 Å². The second kappa shape index (κ2) is 8.53. The summed E-state index contributed by atoms with van der Waals surface area (Å²) in [5.41, 5.74) is 1.27. The first-order valence-corrected chi connectivity index (χ1v) is 7.15. The fourth-order valence-electron chi connectivity index (χ4n) is 1.46. The third kappa shape index (κ3) is 5.40. The Morgan fingerprint density at radius 1 is 1.33 bits per heavy atom. The van der Waals surface area contributed by atoms with Crippen molar-refractivity contribution in [1.82, 2.24) is 5.32 Å². The molecule has 0 aliphatic heterocycles. The van der Waals surface area contributed by atoms with Crippen molar-refractivity contribution in [3.05, 3.63) is 29.8 Å². The van der Waals surface area contributed by atoms with E-state index in [1.54, 1.807) is 18.9 Å². The minimum Gasteiger partial charge on any atom is -0.392 e. The number of rotatable bonds is 8. The number of thioether (sulfide) groups is 1. The highest BCUT2D eigenvalue weighted by Crippen LogP contribution is 2.28. The molecule has 1 aromatic carbocycles. The molecule has 0 aliphatic rings. The van der Waals surface area contributed by atoms with Crippen molar-refractivity contribution < 1.29 is 9.84 Å². The Labute approximate surface area is 114 Å². The predicted octanol–water partition coefficient (Wildman–Crippen LogP) is 2.28. The molecule has 3 nitrogen and oxygen atoms in total. The van der Waals surface area contributed by atoms with Crippen LogP contribution in [-0.2, 0) is 11.3 Å². The maximum Gasteiger partial charge on any atom is 0.0631 e. The number of nitrogens with one attached hydrogen (secondary N) is 1. The lowest BCUT2D eigenvalue weighted by atomic mass is 10.2. The SMILES string of the molecule is COCCNCc1ccccc1SC(C)C(C)O. The Hall–Kier alpha value is -0.550. The summed E-state index contributed by atoms with van der Waals surface area (Å²) >= 11 is 1.72. The molecule has 0 aromatic heterocycles. The quantitative estimate of drug-likeness (QED) is 0.561. The third-order valence-electron chi connectivity index (χ3n) is 2.76. The van der Waals surface area contributed by atoms with Gasteiger partial charge in [0.05, 0.1) is 12.7 Å². The summed E-state index contributed by atoms with van der Waals surface area (Å²) in [5, 5.41) is 13.1. The van der Waals surface area contributed by atoms with Crippen LogP contribution in [0.4, 0.5) is 0 Å². The number of benzene rings is 1. The van der Waals surface area contributed by atoms with Crippen LogP contribution in [0.2, 0.25) is 0 Å². The van der Waals surface area contributed by atoms with Gasteiger partial charge in [-0.05, 0) is 18.6 Å². The molecule has 0 amide bonds. The summed E-state index contributed by atoms with van der Waals surface area (Å²) in [5.74, 6) is 0. The molecule has 1 aromatic rings. The van der Waals surface area contributed by atoms with Crippen LogP contribution in [0.3, 0.4) is 0 Å². The first-order valence-electron chi connectivity index (χ1n) is 6.27. The van der Waals surface area contributed by atoms with E-state index in [0.717, 1.165) is 19.7 Å². The largest absolute Gasteiger partial charge is 0.392 e. The van der Waals surface area contributed by atoms with Gasteiger partial charge in [-0.3, -0.25) is 0 Å². The highest BCUT2D eigenvalue weighted by molar-refractivity contribution is 8.00. The minimum atomic E-state index is -0.301. The summed E-state index contributed by atoms with van der Waals surface area (Å²) in [6.07, 6.45) is -0.301. The van der Waals surface area contributed by atoms with Crippen molar-refractivity contribution in [2.75, 3.05) is 20.3 Å². The Balaban J connectivity index is 2.56. The molecule has 0 heterocycles. The molecule has 1 rings (SSSR count). The zero-order valence-electron chi connectivity index (χ0n) is 11.3. The number of aliphatic hydroxyl groups is 1. The molecular weight excluding hydrogens is 246 g/mol. The molecule has 0 aliphatic carbocycles. The van der Waals surface area contributed by atoms with Gasteiger partial charge in [-0.15, -0.1) is 11.8 Å². The van der Waals surface area contributed by atoms with Crippen molar-refractivity contribution >= 4 is 11.8 Å². The number of hydrogen-bond acceptors (Lipinski definition) is 4. The van der Waals surface area contributed by atoms with Crippen molar-refractivity contribution in [3.8, 4) is 0 Å². The lowest BCUT2D eigenvalue weighted by Gasteiger charge is -2.16. The van der Waals surface area contributed by atoms with Gasteiger partial charge in [-0.1, -0.05) is 25.1 Å². The molecular formula is C14H23NO2S. The standard InChI is InChI=1S/C14H23NO2S/c1-11(16)12(2)18-14-7-5-4-6-13(14)10-15-8-9-17-3/h4-7,11-12,15-16H,8-10H2,1-3H3. The lowest BCUT2D eigenvalue weighted by Crippen LogP contribution is -2.19. The topological polar surface area (TPSA) is 41.5 Å². The van der Waals surface area contributed by atoms with Crippen molar-refractivity contribution in [2.45, 2.75) is 36.6 Å². The van der Waals surface area contributed by atoms with Crippen LogP contribution in [0.15, 0.2) is 29.2 Å². The Bertz CT molecular complexity index is 344. The van der Waals surface area contributed by atoms with E-state index in [1.807, 2.05) is 26.0 Å². The lowest BCUT2D eigenvalue weighted by molar-refractivity contribution is 0.196. The van der Waals surface area contributed by atoms with Gasteiger partial charge >= 0.3 is 0 Å². The molecule has 0 bridgehead atoms. The van der Waals surface area contributed by atoms with Gasteiger partial charge < -0.3 is 15.2 Å². The zero-order chi connectivity index (χ0) is 13.4. The minimum absolute atomic E-state index is 0.199. The van der Waals surface area contributed by atoms with Gasteiger partial charge in [0, 0.05) is 30.3 Å². The van der Waals surface area contributed by atoms with Crippen LogP contribution in [0, 0.1) is 0 Å². The van der Waals surface area contributed by atoms with Gasteiger partial charge in [0.1, 0.15) is 0 Å². The third-order valence-corrected chi connectivity index (χ3v) is 4.18. The fourth-order valence-corrected chi connectivity index (χ4v) is 2.51. The number of hydrogen-bond donors (Lipinski definition) is 2. The highest BCUT2D eigenvalue weighted by Gasteiger charge is 2.12. The molecule has 0 radical (unpaired) electrons. The van der Waals surface area contributed by atoms with E-state index < -0.39 is 0 Å². The molecule has 0 saturated heterocycles. The van der Waals surface area contributed by atoms with E-state index in [4.69, 9.17) is 4.74 Å². The molecule has 102 valence electrons. The van der Waals surface area contributed by atoms with Crippen LogP contribution in [0.5, 0.6) is 0 Å². The van der Waals surface area contributed by atoms with E-state index >= 15 is 0 Å². The van der Waals surface area contributed by atoms with Crippen LogP contribution < -0.4 is 5.32 Å². The Morgan fingerprint density at radius 2 is 2.06 bits per heavy atom. The normalized spacial score (nSPS) is 14.4. The molecule has 0 fully saturated rings. The van der Waals surface area contributed by atoms with Gasteiger partial charge in [-0.25, -0.2) is 0 Å². The molecule has 2 N–H and O–H groups in total. The zero-order valence-corrected chi connectivity index (χ0v) is 12.2. The first-order chi connectivity index (χ1) is 8.65. The maximum absolute atomic E-state index is 9.57. The van der Waals surface area contributed by atoms with Gasteiger partial charge in [0.25, 0.3) is 0 Å². The number of aliphatic hydroxyl groups excluding tert-OH is 1. The van der Waals surface area contributed by atoms with Crippen molar-refractivity contribution in [3.63, 3.8) is 0 Å². The molecule has 0 spiro atoms. The van der Waals surface area contributed by atoms with Crippen LogP contribution in [-0.4, -0.2) is 36.7 Å². The van der Waals surface area contributed by atoms with E-state index in [-0.39, 0.29) is 11.4 Å².